The van der Waals surface area contributed by atoms with Crippen LogP contribution in [0.1, 0.15) is 38.5 Å². The molecule has 0 unspecified atom stereocenters. The minimum atomic E-state index is -3.48. The molecule has 4 nitrogen and oxygen atoms in total. The van der Waals surface area contributed by atoms with Crippen LogP contribution < -0.4 is 4.72 Å². The topological polar surface area (TPSA) is 59.1 Å². The van der Waals surface area contributed by atoms with E-state index in [0.29, 0.717) is 4.90 Å². The van der Waals surface area contributed by atoms with Gasteiger partial charge in [0, 0.05) is 29.2 Å². The van der Waals surface area contributed by atoms with E-state index in [-0.39, 0.29) is 6.04 Å². The van der Waals surface area contributed by atoms with Gasteiger partial charge < -0.3 is 0 Å². The van der Waals surface area contributed by atoms with Crippen molar-refractivity contribution in [3.05, 3.63) is 36.7 Å². The highest BCUT2D eigenvalue weighted by Gasteiger charge is 2.22. The molecule has 0 saturated heterocycles. The van der Waals surface area contributed by atoms with E-state index in [2.05, 4.69) is 9.71 Å². The van der Waals surface area contributed by atoms with Crippen LogP contribution in [0.15, 0.2) is 41.6 Å². The lowest BCUT2D eigenvalue weighted by atomic mass is 10.1. The maximum Gasteiger partial charge on any atom is 0.241 e. The molecule has 5 heteroatoms. The minimum Gasteiger partial charge on any atom is -0.264 e. The number of pyridine rings is 1. The maximum absolute atomic E-state index is 12.7. The SMILES string of the molecule is O=S(=O)(NC1CCCCCC1)c1cccc2cnccc12. The van der Waals surface area contributed by atoms with Gasteiger partial charge in [-0.05, 0) is 25.0 Å². The Labute approximate surface area is 125 Å². The van der Waals surface area contributed by atoms with Crippen molar-refractivity contribution in [2.45, 2.75) is 49.5 Å². The number of benzene rings is 1. The minimum absolute atomic E-state index is 0.0644. The smallest absolute Gasteiger partial charge is 0.241 e. The van der Waals surface area contributed by atoms with E-state index >= 15 is 0 Å². The monoisotopic (exact) mass is 304 g/mol. The molecule has 1 fully saturated rings. The molecule has 3 rings (SSSR count). The molecule has 112 valence electrons. The van der Waals surface area contributed by atoms with Crippen molar-refractivity contribution in [2.75, 3.05) is 0 Å². The van der Waals surface area contributed by atoms with E-state index in [1.165, 1.54) is 12.8 Å². The molecule has 1 aliphatic rings. The van der Waals surface area contributed by atoms with Crippen LogP contribution in [-0.2, 0) is 10.0 Å². The summed E-state index contributed by atoms with van der Waals surface area (Å²) in [5.74, 6) is 0. The molecule has 0 bridgehead atoms. The number of aromatic nitrogens is 1. The summed E-state index contributed by atoms with van der Waals surface area (Å²) in [6, 6.07) is 7.14. The molecule has 1 saturated carbocycles. The molecular formula is C16H20N2O2S. The summed E-state index contributed by atoms with van der Waals surface area (Å²) in [5, 5.41) is 1.58. The third-order valence-electron chi connectivity index (χ3n) is 4.11. The number of sulfonamides is 1. The zero-order chi connectivity index (χ0) is 14.7. The zero-order valence-electron chi connectivity index (χ0n) is 12.0. The third kappa shape index (κ3) is 3.24. The van der Waals surface area contributed by atoms with Gasteiger partial charge in [-0.25, -0.2) is 13.1 Å². The number of nitrogens with one attached hydrogen (secondary N) is 1. The van der Waals surface area contributed by atoms with Gasteiger partial charge in [-0.1, -0.05) is 37.8 Å². The van der Waals surface area contributed by atoms with Crippen LogP contribution in [-0.4, -0.2) is 19.4 Å². The van der Waals surface area contributed by atoms with Crippen molar-refractivity contribution in [3.63, 3.8) is 0 Å². The summed E-state index contributed by atoms with van der Waals surface area (Å²) in [7, 11) is -3.48. The Morgan fingerprint density at radius 3 is 2.57 bits per heavy atom. The Balaban J connectivity index is 1.92. The molecule has 2 aromatic rings. The third-order valence-corrected chi connectivity index (χ3v) is 5.69. The first-order chi connectivity index (χ1) is 10.2. The van der Waals surface area contributed by atoms with Crippen molar-refractivity contribution in [1.29, 1.82) is 0 Å². The molecule has 1 aliphatic carbocycles. The summed E-state index contributed by atoms with van der Waals surface area (Å²) in [4.78, 5) is 4.40. The second-order valence-corrected chi connectivity index (χ2v) is 7.35. The molecule has 0 atom stereocenters. The first-order valence-electron chi connectivity index (χ1n) is 7.52. The molecule has 1 aromatic carbocycles. The summed E-state index contributed by atoms with van der Waals surface area (Å²) < 4.78 is 28.3. The Morgan fingerprint density at radius 2 is 1.81 bits per heavy atom. The molecule has 1 heterocycles. The average Bonchev–Trinajstić information content (AvgIpc) is 2.75. The van der Waals surface area contributed by atoms with Crippen LogP contribution in [0, 0.1) is 0 Å². The van der Waals surface area contributed by atoms with Crippen LogP contribution in [0.4, 0.5) is 0 Å². The second-order valence-electron chi connectivity index (χ2n) is 5.66. The number of hydrogen-bond donors (Lipinski definition) is 1. The van der Waals surface area contributed by atoms with Gasteiger partial charge in [-0.3, -0.25) is 4.98 Å². The molecule has 0 spiro atoms. The Morgan fingerprint density at radius 1 is 1.05 bits per heavy atom. The largest absolute Gasteiger partial charge is 0.264 e. The lowest BCUT2D eigenvalue weighted by molar-refractivity contribution is 0.510. The summed E-state index contributed by atoms with van der Waals surface area (Å²) >= 11 is 0. The highest BCUT2D eigenvalue weighted by Crippen LogP contribution is 2.24. The second kappa shape index (κ2) is 6.12. The van der Waals surface area contributed by atoms with Crippen LogP contribution in [0.5, 0.6) is 0 Å². The lowest BCUT2D eigenvalue weighted by Crippen LogP contribution is -2.34. The average molecular weight is 304 g/mol. The molecule has 21 heavy (non-hydrogen) atoms. The Bertz CT molecular complexity index is 715. The van der Waals surface area contributed by atoms with Crippen LogP contribution in [0.25, 0.3) is 10.8 Å². The van der Waals surface area contributed by atoms with Crippen molar-refractivity contribution >= 4 is 20.8 Å². The first-order valence-corrected chi connectivity index (χ1v) is 9.00. The van der Waals surface area contributed by atoms with Gasteiger partial charge in [0.05, 0.1) is 4.90 Å². The van der Waals surface area contributed by atoms with Crippen molar-refractivity contribution in [3.8, 4) is 0 Å². The van der Waals surface area contributed by atoms with Crippen molar-refractivity contribution in [1.82, 2.24) is 9.71 Å². The molecule has 1 N–H and O–H groups in total. The van der Waals surface area contributed by atoms with Gasteiger partial charge in [-0.2, -0.15) is 0 Å². The fraction of sp³-hybridized carbons (Fsp3) is 0.438. The molecule has 0 aliphatic heterocycles. The van der Waals surface area contributed by atoms with Gasteiger partial charge in [0.15, 0.2) is 0 Å². The molecule has 1 aromatic heterocycles. The highest BCUT2D eigenvalue weighted by atomic mass is 32.2. The standard InChI is InChI=1S/C16H20N2O2S/c19-21(20,18-14-7-3-1-2-4-8-14)16-9-5-6-13-12-17-11-10-15(13)16/h5-6,9-12,14,18H,1-4,7-8H2. The van der Waals surface area contributed by atoms with E-state index < -0.39 is 10.0 Å². The van der Waals surface area contributed by atoms with E-state index in [9.17, 15) is 8.42 Å². The van der Waals surface area contributed by atoms with Crippen LogP contribution in [0.2, 0.25) is 0 Å². The Hall–Kier alpha value is -1.46. The summed E-state index contributed by atoms with van der Waals surface area (Å²) in [6.45, 7) is 0. The fourth-order valence-corrected chi connectivity index (χ4v) is 4.54. The molecule has 0 amide bonds. The number of rotatable bonds is 3. The van der Waals surface area contributed by atoms with E-state index in [4.69, 9.17) is 0 Å². The maximum atomic E-state index is 12.7. The number of fused-ring (bicyclic) bond motifs is 1. The molecular weight excluding hydrogens is 284 g/mol. The predicted molar refractivity (Wildman–Crippen MR) is 83.6 cm³/mol. The van der Waals surface area contributed by atoms with Gasteiger partial charge >= 0.3 is 0 Å². The fourth-order valence-electron chi connectivity index (χ4n) is 3.01. The number of hydrogen-bond acceptors (Lipinski definition) is 3. The van der Waals surface area contributed by atoms with Gasteiger partial charge in [0.2, 0.25) is 10.0 Å². The van der Waals surface area contributed by atoms with Crippen molar-refractivity contribution < 1.29 is 8.42 Å². The van der Waals surface area contributed by atoms with Gasteiger partial charge in [-0.15, -0.1) is 0 Å². The normalized spacial score (nSPS) is 17.7. The van der Waals surface area contributed by atoms with E-state index in [1.54, 1.807) is 30.6 Å². The van der Waals surface area contributed by atoms with Crippen LogP contribution in [0.3, 0.4) is 0 Å². The van der Waals surface area contributed by atoms with E-state index in [0.717, 1.165) is 36.5 Å². The van der Waals surface area contributed by atoms with E-state index in [1.807, 2.05) is 6.07 Å². The predicted octanol–water partition coefficient (Wildman–Crippen LogP) is 3.24. The van der Waals surface area contributed by atoms with Gasteiger partial charge in [0.25, 0.3) is 0 Å². The Kier molecular flexibility index (Phi) is 4.22. The molecule has 0 radical (unpaired) electrons. The van der Waals surface area contributed by atoms with Gasteiger partial charge in [0.1, 0.15) is 0 Å². The van der Waals surface area contributed by atoms with Crippen molar-refractivity contribution in [2.24, 2.45) is 0 Å². The lowest BCUT2D eigenvalue weighted by Gasteiger charge is -2.17. The first kappa shape index (κ1) is 14.5. The van der Waals surface area contributed by atoms with Crippen LogP contribution >= 0.6 is 0 Å². The zero-order valence-corrected chi connectivity index (χ0v) is 12.8. The quantitative estimate of drug-likeness (QED) is 0.886. The summed E-state index contributed by atoms with van der Waals surface area (Å²) in [6.07, 6.45) is 9.82. The number of nitrogens with zero attached hydrogens (tertiary/aromatic N) is 1. The summed E-state index contributed by atoms with van der Waals surface area (Å²) in [5.41, 5.74) is 0. The highest BCUT2D eigenvalue weighted by molar-refractivity contribution is 7.89.